The van der Waals surface area contributed by atoms with Gasteiger partial charge in [-0.25, -0.2) is 0 Å². The first-order chi connectivity index (χ1) is 9.13. The summed E-state index contributed by atoms with van der Waals surface area (Å²) in [5, 5.41) is 16.2. The van der Waals surface area contributed by atoms with Gasteiger partial charge in [0.05, 0.1) is 12.6 Å². The zero-order chi connectivity index (χ0) is 13.7. The predicted octanol–water partition coefficient (Wildman–Crippen LogP) is 1.03. The maximum Gasteiger partial charge on any atom is 0.224 e. The van der Waals surface area contributed by atoms with Crippen molar-refractivity contribution in [3.63, 3.8) is 0 Å². The first kappa shape index (κ1) is 13.1. The molecule has 100 valence electrons. The van der Waals surface area contributed by atoms with Crippen molar-refractivity contribution in [2.45, 2.75) is 12.8 Å². The van der Waals surface area contributed by atoms with Crippen molar-refractivity contribution in [2.24, 2.45) is 7.05 Å². The molecule has 1 aromatic carbocycles. The van der Waals surface area contributed by atoms with Crippen LogP contribution < -0.4 is 5.32 Å². The zero-order valence-corrected chi connectivity index (χ0v) is 10.8. The first-order valence-corrected chi connectivity index (χ1v) is 6.15. The third kappa shape index (κ3) is 4.13. The Kier molecular flexibility index (Phi) is 4.18. The third-order valence-corrected chi connectivity index (χ3v) is 2.77. The van der Waals surface area contributed by atoms with Crippen molar-refractivity contribution in [2.75, 3.05) is 6.54 Å². The van der Waals surface area contributed by atoms with E-state index < -0.39 is 0 Å². The molecular formula is C14H17N3O2. The van der Waals surface area contributed by atoms with E-state index >= 15 is 0 Å². The number of rotatable bonds is 5. The highest BCUT2D eigenvalue weighted by molar-refractivity contribution is 5.78. The number of carbonyl (C=O) groups is 1. The second-order valence-electron chi connectivity index (χ2n) is 4.47. The van der Waals surface area contributed by atoms with Crippen molar-refractivity contribution in [1.29, 1.82) is 0 Å². The van der Waals surface area contributed by atoms with E-state index in [4.69, 9.17) is 0 Å². The molecule has 2 rings (SSSR count). The average molecular weight is 259 g/mol. The fourth-order valence-electron chi connectivity index (χ4n) is 1.86. The van der Waals surface area contributed by atoms with Crippen molar-refractivity contribution in [1.82, 2.24) is 15.1 Å². The molecule has 0 spiro atoms. The van der Waals surface area contributed by atoms with Crippen molar-refractivity contribution in [3.05, 3.63) is 47.8 Å². The molecule has 0 saturated heterocycles. The topological polar surface area (TPSA) is 67.2 Å². The van der Waals surface area contributed by atoms with Crippen LogP contribution in [0.3, 0.4) is 0 Å². The first-order valence-electron chi connectivity index (χ1n) is 6.15. The summed E-state index contributed by atoms with van der Waals surface area (Å²) in [4.78, 5) is 11.7. The largest absolute Gasteiger partial charge is 0.508 e. The van der Waals surface area contributed by atoms with Gasteiger partial charge < -0.3 is 10.4 Å². The lowest BCUT2D eigenvalue weighted by molar-refractivity contribution is -0.120. The van der Waals surface area contributed by atoms with Gasteiger partial charge in [-0.1, -0.05) is 12.1 Å². The number of hydrogen-bond acceptors (Lipinski definition) is 3. The molecular weight excluding hydrogens is 242 g/mol. The maximum absolute atomic E-state index is 11.7. The molecule has 0 bridgehead atoms. The van der Waals surface area contributed by atoms with Crippen LogP contribution in [-0.2, 0) is 24.7 Å². The molecule has 19 heavy (non-hydrogen) atoms. The van der Waals surface area contributed by atoms with Gasteiger partial charge in [0.25, 0.3) is 0 Å². The quantitative estimate of drug-likeness (QED) is 0.842. The molecule has 0 aliphatic heterocycles. The Morgan fingerprint density at radius 3 is 2.95 bits per heavy atom. The number of carbonyl (C=O) groups excluding carboxylic acids is 1. The van der Waals surface area contributed by atoms with Crippen LogP contribution in [0.25, 0.3) is 0 Å². The number of benzene rings is 1. The lowest BCUT2D eigenvalue weighted by Crippen LogP contribution is -2.27. The lowest BCUT2D eigenvalue weighted by atomic mass is 10.1. The smallest absolute Gasteiger partial charge is 0.224 e. The molecule has 0 aliphatic carbocycles. The number of phenols is 1. The van der Waals surface area contributed by atoms with E-state index in [1.165, 1.54) is 0 Å². The van der Waals surface area contributed by atoms with Gasteiger partial charge in [0, 0.05) is 19.8 Å². The number of aryl methyl sites for hydroxylation is 1. The predicted molar refractivity (Wildman–Crippen MR) is 71.7 cm³/mol. The van der Waals surface area contributed by atoms with Crippen molar-refractivity contribution in [3.8, 4) is 5.75 Å². The molecule has 5 nitrogen and oxygen atoms in total. The molecule has 5 heteroatoms. The number of amides is 1. The number of aromatic nitrogens is 2. The molecule has 2 N–H and O–H groups in total. The van der Waals surface area contributed by atoms with E-state index in [-0.39, 0.29) is 18.1 Å². The summed E-state index contributed by atoms with van der Waals surface area (Å²) in [5.74, 6) is 0.134. The summed E-state index contributed by atoms with van der Waals surface area (Å²) in [6.45, 7) is 0.587. The number of hydrogen-bond donors (Lipinski definition) is 2. The summed E-state index contributed by atoms with van der Waals surface area (Å²) < 4.78 is 1.74. The summed E-state index contributed by atoms with van der Waals surface area (Å²) in [5.41, 5.74) is 1.90. The van der Waals surface area contributed by atoms with Gasteiger partial charge in [-0.3, -0.25) is 9.48 Å². The highest BCUT2D eigenvalue weighted by atomic mass is 16.3. The van der Waals surface area contributed by atoms with E-state index in [0.29, 0.717) is 6.54 Å². The molecule has 0 unspecified atom stereocenters. The van der Waals surface area contributed by atoms with Gasteiger partial charge in [0.2, 0.25) is 5.91 Å². The number of phenolic OH excluding ortho intramolecular Hbond substituents is 1. The second kappa shape index (κ2) is 6.04. The summed E-state index contributed by atoms with van der Waals surface area (Å²) in [6, 6.07) is 6.73. The van der Waals surface area contributed by atoms with E-state index in [1.54, 1.807) is 29.1 Å². The van der Waals surface area contributed by atoms with Crippen LogP contribution in [0.15, 0.2) is 36.7 Å². The van der Waals surface area contributed by atoms with Gasteiger partial charge in [-0.05, 0) is 29.7 Å². The number of aromatic hydroxyl groups is 1. The fraction of sp³-hybridized carbons (Fsp3) is 0.286. The van der Waals surface area contributed by atoms with E-state index in [1.807, 2.05) is 19.3 Å². The van der Waals surface area contributed by atoms with Crippen molar-refractivity contribution < 1.29 is 9.90 Å². The Balaban J connectivity index is 1.76. The van der Waals surface area contributed by atoms with Gasteiger partial charge in [0.15, 0.2) is 0 Å². The van der Waals surface area contributed by atoms with Crippen LogP contribution in [-0.4, -0.2) is 27.3 Å². The van der Waals surface area contributed by atoms with Crippen LogP contribution in [0.4, 0.5) is 0 Å². The third-order valence-electron chi connectivity index (χ3n) is 2.77. The normalized spacial score (nSPS) is 10.4. The number of nitrogens with zero attached hydrogens (tertiary/aromatic N) is 2. The van der Waals surface area contributed by atoms with E-state index in [0.717, 1.165) is 17.5 Å². The second-order valence-corrected chi connectivity index (χ2v) is 4.47. The SMILES string of the molecule is Cn1cc(CCNC(=O)Cc2cccc(O)c2)cn1. The summed E-state index contributed by atoms with van der Waals surface area (Å²) >= 11 is 0. The summed E-state index contributed by atoms with van der Waals surface area (Å²) in [6.07, 6.45) is 4.77. The lowest BCUT2D eigenvalue weighted by Gasteiger charge is -2.04. The Morgan fingerprint density at radius 2 is 2.26 bits per heavy atom. The Bertz CT molecular complexity index is 563. The average Bonchev–Trinajstić information content (AvgIpc) is 2.75. The summed E-state index contributed by atoms with van der Waals surface area (Å²) in [7, 11) is 1.87. The number of nitrogens with one attached hydrogen (secondary N) is 1. The minimum atomic E-state index is -0.0468. The fourth-order valence-corrected chi connectivity index (χ4v) is 1.86. The molecule has 0 aliphatic rings. The molecule has 1 amide bonds. The molecule has 0 atom stereocenters. The van der Waals surface area contributed by atoms with Gasteiger partial charge >= 0.3 is 0 Å². The Hall–Kier alpha value is -2.30. The van der Waals surface area contributed by atoms with Gasteiger partial charge in [0.1, 0.15) is 5.75 Å². The Morgan fingerprint density at radius 1 is 1.42 bits per heavy atom. The van der Waals surface area contributed by atoms with E-state index in [9.17, 15) is 9.90 Å². The van der Waals surface area contributed by atoms with Gasteiger partial charge in [-0.2, -0.15) is 5.10 Å². The van der Waals surface area contributed by atoms with Crippen LogP contribution in [0.2, 0.25) is 0 Å². The van der Waals surface area contributed by atoms with E-state index in [2.05, 4.69) is 10.4 Å². The highest BCUT2D eigenvalue weighted by Gasteiger charge is 2.04. The maximum atomic E-state index is 11.7. The van der Waals surface area contributed by atoms with Crippen molar-refractivity contribution >= 4 is 5.91 Å². The standard InChI is InChI=1S/C14H17N3O2/c1-17-10-12(9-16-17)5-6-15-14(19)8-11-3-2-4-13(18)7-11/h2-4,7,9-10,18H,5-6,8H2,1H3,(H,15,19). The molecule has 2 aromatic rings. The molecule has 0 radical (unpaired) electrons. The Labute approximate surface area is 111 Å². The van der Waals surface area contributed by atoms with Crippen LogP contribution in [0.5, 0.6) is 5.75 Å². The monoisotopic (exact) mass is 259 g/mol. The molecule has 1 aromatic heterocycles. The zero-order valence-electron chi connectivity index (χ0n) is 10.8. The van der Waals surface area contributed by atoms with Crippen LogP contribution in [0.1, 0.15) is 11.1 Å². The van der Waals surface area contributed by atoms with Crippen LogP contribution >= 0.6 is 0 Å². The molecule has 1 heterocycles. The molecule has 0 saturated carbocycles. The van der Waals surface area contributed by atoms with Gasteiger partial charge in [-0.15, -0.1) is 0 Å². The minimum absolute atomic E-state index is 0.0468. The minimum Gasteiger partial charge on any atom is -0.508 e. The molecule has 0 fully saturated rings. The van der Waals surface area contributed by atoms with Crippen LogP contribution in [0, 0.1) is 0 Å². The highest BCUT2D eigenvalue weighted by Crippen LogP contribution is 2.11.